The average Bonchev–Trinajstić information content (AvgIpc) is 2.91. The summed E-state index contributed by atoms with van der Waals surface area (Å²) in [6.07, 6.45) is 3.01. The first-order chi connectivity index (χ1) is 10.6. The van der Waals surface area contributed by atoms with E-state index in [1.807, 2.05) is 38.2 Å². The van der Waals surface area contributed by atoms with Gasteiger partial charge in [0.15, 0.2) is 0 Å². The number of aliphatic hydroxyl groups is 1. The second-order valence-electron chi connectivity index (χ2n) is 5.40. The lowest BCUT2D eigenvalue weighted by Gasteiger charge is -2.18. The lowest BCUT2D eigenvalue weighted by atomic mass is 10.0. The zero-order valence-electron chi connectivity index (χ0n) is 13.0. The number of nitrogens with zero attached hydrogens (tertiary/aromatic N) is 3. The molecule has 1 heterocycles. The third kappa shape index (κ3) is 4.39. The molecule has 2 rings (SSSR count). The van der Waals surface area contributed by atoms with E-state index >= 15 is 0 Å². The average molecular weight is 302 g/mol. The van der Waals surface area contributed by atoms with E-state index in [9.17, 15) is 9.90 Å². The van der Waals surface area contributed by atoms with Crippen LogP contribution in [0.4, 0.5) is 0 Å². The second kappa shape index (κ2) is 7.70. The predicted molar refractivity (Wildman–Crippen MR) is 83.1 cm³/mol. The van der Waals surface area contributed by atoms with Gasteiger partial charge in [-0.25, -0.2) is 0 Å². The van der Waals surface area contributed by atoms with Gasteiger partial charge >= 0.3 is 0 Å². The number of aliphatic hydroxyl groups excluding tert-OH is 1. The minimum Gasteiger partial charge on any atom is -0.396 e. The van der Waals surface area contributed by atoms with E-state index in [0.717, 1.165) is 11.4 Å². The van der Waals surface area contributed by atoms with Crippen LogP contribution >= 0.6 is 0 Å². The van der Waals surface area contributed by atoms with Gasteiger partial charge in [0.05, 0.1) is 6.04 Å². The molecule has 0 unspecified atom stereocenters. The molecule has 0 aliphatic rings. The summed E-state index contributed by atoms with van der Waals surface area (Å²) in [6.45, 7) is 2.05. The Hall–Kier alpha value is -2.21. The van der Waals surface area contributed by atoms with Gasteiger partial charge in [-0.05, 0) is 18.9 Å². The van der Waals surface area contributed by atoms with Gasteiger partial charge in [0, 0.05) is 26.5 Å². The maximum absolute atomic E-state index is 12.1. The number of carbonyl (C=O) groups excluding carboxylic acids is 1. The fraction of sp³-hybridized carbons (Fsp3) is 0.438. The first-order valence-electron chi connectivity index (χ1n) is 7.40. The highest BCUT2D eigenvalue weighted by atomic mass is 16.3. The molecule has 6 nitrogen and oxygen atoms in total. The van der Waals surface area contributed by atoms with Crippen LogP contribution < -0.4 is 5.32 Å². The van der Waals surface area contributed by atoms with Gasteiger partial charge in [-0.15, -0.1) is 10.2 Å². The maximum Gasteiger partial charge on any atom is 0.220 e. The van der Waals surface area contributed by atoms with Crippen molar-refractivity contribution in [3.63, 3.8) is 0 Å². The predicted octanol–water partition coefficient (Wildman–Crippen LogP) is 1.30. The zero-order chi connectivity index (χ0) is 15.9. The molecule has 1 aromatic carbocycles. The Balaban J connectivity index is 1.94. The molecule has 0 saturated heterocycles. The molecule has 6 heteroatoms. The van der Waals surface area contributed by atoms with Gasteiger partial charge < -0.3 is 15.0 Å². The molecule has 1 atom stereocenters. The van der Waals surface area contributed by atoms with Gasteiger partial charge in [-0.3, -0.25) is 4.79 Å². The Labute approximate surface area is 130 Å². The highest BCUT2D eigenvalue weighted by Gasteiger charge is 2.14. The summed E-state index contributed by atoms with van der Waals surface area (Å²) in [5.74, 6) is 0.728. The molecular formula is C16H22N4O2. The number of hydrogen-bond donors (Lipinski definition) is 2. The summed E-state index contributed by atoms with van der Waals surface area (Å²) in [7, 11) is 1.86. The van der Waals surface area contributed by atoms with Crippen LogP contribution in [-0.2, 0) is 18.3 Å². The lowest BCUT2D eigenvalue weighted by molar-refractivity contribution is -0.121. The maximum atomic E-state index is 12.1. The quantitative estimate of drug-likeness (QED) is 0.808. The summed E-state index contributed by atoms with van der Waals surface area (Å²) in [4.78, 5) is 12.1. The summed E-state index contributed by atoms with van der Waals surface area (Å²) in [5, 5.41) is 19.9. The highest BCUT2D eigenvalue weighted by molar-refractivity contribution is 5.76. The number of aryl methyl sites for hydroxylation is 3. The van der Waals surface area contributed by atoms with Crippen LogP contribution in [-0.4, -0.2) is 32.4 Å². The van der Waals surface area contributed by atoms with Crippen LogP contribution in [0, 0.1) is 6.92 Å². The second-order valence-corrected chi connectivity index (χ2v) is 5.40. The van der Waals surface area contributed by atoms with E-state index in [2.05, 4.69) is 15.5 Å². The van der Waals surface area contributed by atoms with Crippen LogP contribution in [0.3, 0.4) is 0 Å². The van der Waals surface area contributed by atoms with E-state index in [-0.39, 0.29) is 18.6 Å². The fourth-order valence-electron chi connectivity index (χ4n) is 2.28. The first kappa shape index (κ1) is 16.2. The van der Waals surface area contributed by atoms with Gasteiger partial charge in [-0.1, -0.05) is 29.8 Å². The van der Waals surface area contributed by atoms with E-state index in [4.69, 9.17) is 0 Å². The van der Waals surface area contributed by atoms with Crippen molar-refractivity contribution < 1.29 is 9.90 Å². The Morgan fingerprint density at radius 2 is 2.09 bits per heavy atom. The van der Waals surface area contributed by atoms with Crippen LogP contribution in [0.1, 0.15) is 35.8 Å². The van der Waals surface area contributed by atoms with Crippen molar-refractivity contribution in [2.24, 2.45) is 7.05 Å². The van der Waals surface area contributed by atoms with Gasteiger partial charge in [0.1, 0.15) is 12.2 Å². The molecule has 0 bridgehead atoms. The molecule has 22 heavy (non-hydrogen) atoms. The Morgan fingerprint density at radius 3 is 2.68 bits per heavy atom. The molecule has 0 fully saturated rings. The summed E-state index contributed by atoms with van der Waals surface area (Å²) in [6, 6.07) is 7.81. The summed E-state index contributed by atoms with van der Waals surface area (Å²) < 4.78 is 1.80. The normalized spacial score (nSPS) is 12.1. The van der Waals surface area contributed by atoms with Crippen LogP contribution in [0.5, 0.6) is 0 Å². The van der Waals surface area contributed by atoms with E-state index < -0.39 is 0 Å². The number of aromatic nitrogens is 3. The zero-order valence-corrected chi connectivity index (χ0v) is 13.0. The Kier molecular flexibility index (Phi) is 5.66. The van der Waals surface area contributed by atoms with Crippen molar-refractivity contribution in [2.45, 2.75) is 32.2 Å². The van der Waals surface area contributed by atoms with Crippen molar-refractivity contribution in [1.82, 2.24) is 20.1 Å². The third-order valence-corrected chi connectivity index (χ3v) is 3.61. The number of amides is 1. The summed E-state index contributed by atoms with van der Waals surface area (Å²) in [5.41, 5.74) is 2.17. The number of benzene rings is 1. The molecule has 2 aromatic rings. The molecule has 0 aliphatic carbocycles. The minimum atomic E-state index is -0.169. The number of carbonyl (C=O) groups is 1. The monoisotopic (exact) mass is 302 g/mol. The standard InChI is InChI=1S/C16H22N4O2/c1-12-3-5-13(6-4-12)14(9-10-21)18-16(22)8-7-15-19-17-11-20(15)2/h3-6,11,14,21H,7-10H2,1-2H3,(H,18,22)/t14-/m1/s1. The van der Waals surface area contributed by atoms with Crippen LogP contribution in [0.15, 0.2) is 30.6 Å². The van der Waals surface area contributed by atoms with E-state index in [1.165, 1.54) is 5.56 Å². The van der Waals surface area contributed by atoms with E-state index in [1.54, 1.807) is 10.9 Å². The smallest absolute Gasteiger partial charge is 0.220 e. The molecule has 2 N–H and O–H groups in total. The first-order valence-corrected chi connectivity index (χ1v) is 7.40. The molecule has 1 amide bonds. The topological polar surface area (TPSA) is 80.0 Å². The SMILES string of the molecule is Cc1ccc([C@@H](CCO)NC(=O)CCc2nncn2C)cc1. The third-order valence-electron chi connectivity index (χ3n) is 3.61. The van der Waals surface area contributed by atoms with Crippen LogP contribution in [0.25, 0.3) is 0 Å². The fourth-order valence-corrected chi connectivity index (χ4v) is 2.28. The molecule has 0 saturated carbocycles. The molecule has 0 spiro atoms. The molecular weight excluding hydrogens is 280 g/mol. The van der Waals surface area contributed by atoms with E-state index in [0.29, 0.717) is 19.3 Å². The Morgan fingerprint density at radius 1 is 1.36 bits per heavy atom. The number of hydrogen-bond acceptors (Lipinski definition) is 4. The van der Waals surface area contributed by atoms with Gasteiger partial charge in [0.25, 0.3) is 0 Å². The van der Waals surface area contributed by atoms with Gasteiger partial charge in [-0.2, -0.15) is 0 Å². The number of rotatable bonds is 7. The van der Waals surface area contributed by atoms with Gasteiger partial charge in [0.2, 0.25) is 5.91 Å². The van der Waals surface area contributed by atoms with Crippen molar-refractivity contribution in [1.29, 1.82) is 0 Å². The minimum absolute atomic E-state index is 0.0299. The van der Waals surface area contributed by atoms with Crippen LogP contribution in [0.2, 0.25) is 0 Å². The molecule has 118 valence electrons. The highest BCUT2D eigenvalue weighted by Crippen LogP contribution is 2.17. The molecule has 0 radical (unpaired) electrons. The largest absolute Gasteiger partial charge is 0.396 e. The van der Waals surface area contributed by atoms with Crippen molar-refractivity contribution in [3.8, 4) is 0 Å². The summed E-state index contributed by atoms with van der Waals surface area (Å²) >= 11 is 0. The van der Waals surface area contributed by atoms with Crippen molar-refractivity contribution >= 4 is 5.91 Å². The molecule has 0 aliphatic heterocycles. The lowest BCUT2D eigenvalue weighted by Crippen LogP contribution is -2.29. The van der Waals surface area contributed by atoms with Crippen molar-refractivity contribution in [3.05, 3.63) is 47.5 Å². The van der Waals surface area contributed by atoms with Crippen molar-refractivity contribution in [2.75, 3.05) is 6.61 Å². The Bertz CT molecular complexity index is 607. The number of nitrogens with one attached hydrogen (secondary N) is 1. The molecule has 1 aromatic heterocycles.